The first-order valence-corrected chi connectivity index (χ1v) is 15.9. The summed E-state index contributed by atoms with van der Waals surface area (Å²) in [5.74, 6) is 5.67. The number of hydrogen-bond donors (Lipinski definition) is 2. The van der Waals surface area contributed by atoms with Crippen molar-refractivity contribution in [3.05, 3.63) is 23.8 Å². The molecule has 38 heavy (non-hydrogen) atoms. The minimum absolute atomic E-state index is 0.0104. The van der Waals surface area contributed by atoms with Crippen LogP contribution in [0, 0.1) is 52.3 Å². The Bertz CT molecular complexity index is 986. The van der Waals surface area contributed by atoms with Crippen LogP contribution in [0.1, 0.15) is 122 Å². The molecule has 0 spiro atoms. The zero-order valence-corrected chi connectivity index (χ0v) is 24.8. The molecule has 0 aromatic heterocycles. The van der Waals surface area contributed by atoms with E-state index < -0.39 is 0 Å². The van der Waals surface area contributed by atoms with E-state index in [1.807, 2.05) is 0 Å². The van der Waals surface area contributed by atoms with E-state index in [4.69, 9.17) is 16.2 Å². The van der Waals surface area contributed by atoms with Gasteiger partial charge in [0.05, 0.1) is 5.56 Å². The second kappa shape index (κ2) is 10.7. The average molecular weight is 523 g/mol. The lowest BCUT2D eigenvalue weighted by Crippen LogP contribution is -2.54. The van der Waals surface area contributed by atoms with Crippen LogP contribution in [-0.4, -0.2) is 12.1 Å². The maximum Gasteiger partial charge on any atom is 0.338 e. The number of nitrogen functional groups attached to an aromatic ring is 2. The maximum atomic E-state index is 12.9. The molecular formula is C34H54N2O2. The van der Waals surface area contributed by atoms with Gasteiger partial charge in [-0.1, -0.05) is 53.9 Å². The van der Waals surface area contributed by atoms with E-state index in [1.165, 1.54) is 64.2 Å². The number of esters is 1. The Kier molecular flexibility index (Phi) is 7.84. The van der Waals surface area contributed by atoms with Gasteiger partial charge >= 0.3 is 5.97 Å². The van der Waals surface area contributed by atoms with Crippen molar-refractivity contribution >= 4 is 17.3 Å². The molecule has 4 saturated carbocycles. The Morgan fingerprint density at radius 1 is 0.895 bits per heavy atom. The van der Waals surface area contributed by atoms with E-state index in [9.17, 15) is 4.79 Å². The number of benzene rings is 1. The van der Waals surface area contributed by atoms with Crippen LogP contribution in [0.3, 0.4) is 0 Å². The molecule has 212 valence electrons. The minimum Gasteiger partial charge on any atom is -0.459 e. The Morgan fingerprint density at radius 3 is 2.29 bits per heavy atom. The fourth-order valence-electron chi connectivity index (χ4n) is 10.4. The van der Waals surface area contributed by atoms with Crippen LogP contribution in [0.5, 0.6) is 0 Å². The predicted molar refractivity (Wildman–Crippen MR) is 158 cm³/mol. The van der Waals surface area contributed by atoms with Crippen LogP contribution in [0.25, 0.3) is 0 Å². The predicted octanol–water partition coefficient (Wildman–Crippen LogP) is 8.50. The van der Waals surface area contributed by atoms with Crippen molar-refractivity contribution in [3.63, 3.8) is 0 Å². The van der Waals surface area contributed by atoms with Gasteiger partial charge in [-0.05, 0) is 128 Å². The lowest BCUT2D eigenvalue weighted by molar-refractivity contribution is -0.130. The fraction of sp³-hybridized carbons (Fsp3) is 0.794. The standard InChI is InChI=1S/C34H54N2O2/c1-21(2)7-6-8-22(3)29-11-12-30-28-10-9-24-19-27(38-32(37)23-17-25(35)20-26(36)18-23)13-15-33(24,4)31(28)14-16-34(29,30)5/h17-18,20-22,24,27-31H,6-16,19,35-36H2,1-5H3/t22-,24?,27+,28+,29-,30+,31+,33+,34-/m1/s1. The first-order chi connectivity index (χ1) is 18.0. The van der Waals surface area contributed by atoms with Gasteiger partial charge in [-0.25, -0.2) is 4.79 Å². The summed E-state index contributed by atoms with van der Waals surface area (Å²) in [6.07, 6.45) is 15.8. The largest absolute Gasteiger partial charge is 0.459 e. The highest BCUT2D eigenvalue weighted by Crippen LogP contribution is 2.68. The summed E-state index contributed by atoms with van der Waals surface area (Å²) >= 11 is 0. The van der Waals surface area contributed by atoms with Gasteiger partial charge in [0.2, 0.25) is 0 Å². The number of ether oxygens (including phenoxy) is 1. The topological polar surface area (TPSA) is 78.3 Å². The molecule has 4 N–H and O–H groups in total. The van der Waals surface area contributed by atoms with E-state index >= 15 is 0 Å². The van der Waals surface area contributed by atoms with Gasteiger partial charge in [-0.2, -0.15) is 0 Å². The van der Waals surface area contributed by atoms with Crippen molar-refractivity contribution in [1.29, 1.82) is 0 Å². The lowest BCUT2D eigenvalue weighted by atomic mass is 9.44. The number of hydrogen-bond acceptors (Lipinski definition) is 4. The summed E-state index contributed by atoms with van der Waals surface area (Å²) in [6, 6.07) is 5.03. The molecule has 0 radical (unpaired) electrons. The third-order valence-electron chi connectivity index (χ3n) is 12.3. The molecule has 1 unspecified atom stereocenters. The van der Waals surface area contributed by atoms with Gasteiger partial charge in [0.25, 0.3) is 0 Å². The molecule has 4 heteroatoms. The van der Waals surface area contributed by atoms with Gasteiger partial charge in [-0.3, -0.25) is 0 Å². The molecule has 4 aliphatic carbocycles. The second-order valence-electron chi connectivity index (χ2n) is 14.9. The molecule has 0 amide bonds. The number of anilines is 2. The van der Waals surface area contributed by atoms with Crippen LogP contribution in [0.2, 0.25) is 0 Å². The number of fused-ring (bicyclic) bond motifs is 5. The lowest BCUT2D eigenvalue weighted by Gasteiger charge is -2.61. The monoisotopic (exact) mass is 522 g/mol. The summed E-state index contributed by atoms with van der Waals surface area (Å²) in [4.78, 5) is 12.9. The van der Waals surface area contributed by atoms with E-state index in [1.54, 1.807) is 18.2 Å². The number of carbonyl (C=O) groups is 1. The van der Waals surface area contributed by atoms with Crippen LogP contribution >= 0.6 is 0 Å². The summed E-state index contributed by atoms with van der Waals surface area (Å²) in [7, 11) is 0. The first-order valence-electron chi connectivity index (χ1n) is 15.9. The molecule has 4 nitrogen and oxygen atoms in total. The Labute approximate surface area is 232 Å². The van der Waals surface area contributed by atoms with E-state index in [-0.39, 0.29) is 12.1 Å². The quantitative estimate of drug-likeness (QED) is 0.278. The molecule has 0 bridgehead atoms. The normalized spacial score (nSPS) is 39.2. The van der Waals surface area contributed by atoms with Crippen molar-refractivity contribution in [2.75, 3.05) is 11.5 Å². The molecule has 1 aromatic carbocycles. The average Bonchev–Trinajstić information content (AvgIpc) is 3.20. The summed E-state index contributed by atoms with van der Waals surface area (Å²) < 4.78 is 6.04. The van der Waals surface area contributed by atoms with Gasteiger partial charge in [0.15, 0.2) is 0 Å². The van der Waals surface area contributed by atoms with Crippen LogP contribution in [0.15, 0.2) is 18.2 Å². The van der Waals surface area contributed by atoms with E-state index in [0.717, 1.165) is 48.3 Å². The Balaban J connectivity index is 1.22. The summed E-state index contributed by atoms with van der Waals surface area (Å²) in [5, 5.41) is 0. The fourth-order valence-corrected chi connectivity index (χ4v) is 10.4. The molecule has 9 atom stereocenters. The zero-order valence-electron chi connectivity index (χ0n) is 24.8. The Hall–Kier alpha value is -1.71. The summed E-state index contributed by atoms with van der Waals surface area (Å²) in [5.41, 5.74) is 14.3. The molecule has 0 heterocycles. The molecule has 4 aliphatic rings. The molecule has 5 rings (SSSR count). The minimum atomic E-state index is -0.278. The first kappa shape index (κ1) is 27.8. The number of nitrogens with two attached hydrogens (primary N) is 2. The molecule has 0 aliphatic heterocycles. The molecule has 0 saturated heterocycles. The van der Waals surface area contributed by atoms with Crippen molar-refractivity contribution < 1.29 is 9.53 Å². The number of carbonyl (C=O) groups excluding carboxylic acids is 1. The second-order valence-corrected chi connectivity index (χ2v) is 14.9. The zero-order chi connectivity index (χ0) is 27.2. The molecule has 4 fully saturated rings. The van der Waals surface area contributed by atoms with Gasteiger partial charge in [0.1, 0.15) is 6.10 Å². The van der Waals surface area contributed by atoms with Gasteiger partial charge in [-0.15, -0.1) is 0 Å². The van der Waals surface area contributed by atoms with Crippen molar-refractivity contribution in [3.8, 4) is 0 Å². The number of rotatable bonds is 7. The van der Waals surface area contributed by atoms with E-state index in [0.29, 0.717) is 33.7 Å². The van der Waals surface area contributed by atoms with Crippen LogP contribution in [0.4, 0.5) is 11.4 Å². The molecular weight excluding hydrogens is 468 g/mol. The van der Waals surface area contributed by atoms with E-state index in [2.05, 4.69) is 34.6 Å². The highest BCUT2D eigenvalue weighted by atomic mass is 16.5. The van der Waals surface area contributed by atoms with Crippen molar-refractivity contribution in [1.82, 2.24) is 0 Å². The van der Waals surface area contributed by atoms with Gasteiger partial charge < -0.3 is 16.2 Å². The van der Waals surface area contributed by atoms with Crippen molar-refractivity contribution in [2.45, 2.75) is 118 Å². The smallest absolute Gasteiger partial charge is 0.338 e. The third kappa shape index (κ3) is 5.10. The summed E-state index contributed by atoms with van der Waals surface area (Å²) in [6.45, 7) is 12.6. The van der Waals surface area contributed by atoms with Crippen LogP contribution < -0.4 is 11.5 Å². The SMILES string of the molecule is CC(C)CCC[C@@H](C)[C@H]1CC[C@H]2[C@@H]3CCC4C[C@@H](OC(=O)c5cc(N)cc(N)c5)CC[C@]4(C)[C@H]3CC[C@]12C. The van der Waals surface area contributed by atoms with Crippen LogP contribution in [-0.2, 0) is 4.74 Å². The van der Waals surface area contributed by atoms with Gasteiger partial charge in [0, 0.05) is 11.4 Å². The molecule has 1 aromatic rings. The highest BCUT2D eigenvalue weighted by molar-refractivity contribution is 5.91. The highest BCUT2D eigenvalue weighted by Gasteiger charge is 2.60. The maximum absolute atomic E-state index is 12.9. The Morgan fingerprint density at radius 2 is 1.58 bits per heavy atom. The van der Waals surface area contributed by atoms with Crippen molar-refractivity contribution in [2.24, 2.45) is 52.3 Å². The third-order valence-corrected chi connectivity index (χ3v) is 12.3.